The SMILES string of the molecule is CC(C)c1n(Cc2ccc3ccccc3c2)cc[n+]1Cc1ccc2ccccc2c1.[Br-]. The molecule has 1 aromatic heterocycles. The average molecular weight is 471 g/mol. The van der Waals surface area contributed by atoms with E-state index in [1.165, 1.54) is 38.5 Å². The fraction of sp³-hybridized carbons (Fsp3) is 0.179. The van der Waals surface area contributed by atoms with Crippen molar-refractivity contribution in [1.29, 1.82) is 0 Å². The van der Waals surface area contributed by atoms with Gasteiger partial charge < -0.3 is 17.0 Å². The van der Waals surface area contributed by atoms with Crippen molar-refractivity contribution in [2.24, 2.45) is 0 Å². The van der Waals surface area contributed by atoms with Crippen molar-refractivity contribution in [1.82, 2.24) is 4.57 Å². The summed E-state index contributed by atoms with van der Waals surface area (Å²) in [7, 11) is 0. The second-order valence-electron chi connectivity index (χ2n) is 8.43. The minimum Gasteiger partial charge on any atom is -1.00 e. The molecule has 0 atom stereocenters. The molecule has 1 heterocycles. The Labute approximate surface area is 194 Å². The number of halogens is 1. The quantitative estimate of drug-likeness (QED) is 0.348. The summed E-state index contributed by atoms with van der Waals surface area (Å²) >= 11 is 0. The van der Waals surface area contributed by atoms with Crippen molar-refractivity contribution in [3.8, 4) is 0 Å². The van der Waals surface area contributed by atoms with Crippen molar-refractivity contribution >= 4 is 21.5 Å². The van der Waals surface area contributed by atoms with Crippen LogP contribution in [-0.4, -0.2) is 4.57 Å². The van der Waals surface area contributed by atoms with Crippen LogP contribution in [-0.2, 0) is 13.1 Å². The van der Waals surface area contributed by atoms with Crippen LogP contribution in [0.5, 0.6) is 0 Å². The summed E-state index contributed by atoms with van der Waals surface area (Å²) in [5.74, 6) is 1.80. The smallest absolute Gasteiger partial charge is 0.259 e. The van der Waals surface area contributed by atoms with Gasteiger partial charge in [-0.25, -0.2) is 9.13 Å². The molecule has 4 aromatic carbocycles. The van der Waals surface area contributed by atoms with Crippen molar-refractivity contribution in [2.75, 3.05) is 0 Å². The van der Waals surface area contributed by atoms with Crippen LogP contribution in [0.1, 0.15) is 36.7 Å². The van der Waals surface area contributed by atoms with E-state index in [1.807, 2.05) is 0 Å². The van der Waals surface area contributed by atoms with Gasteiger partial charge in [0.25, 0.3) is 5.82 Å². The van der Waals surface area contributed by atoms with Gasteiger partial charge in [-0.3, -0.25) is 0 Å². The number of imidazole rings is 1. The van der Waals surface area contributed by atoms with E-state index < -0.39 is 0 Å². The Morgan fingerprint density at radius 2 is 1.26 bits per heavy atom. The van der Waals surface area contributed by atoms with Crippen LogP contribution in [0.15, 0.2) is 97.3 Å². The van der Waals surface area contributed by atoms with Crippen LogP contribution in [0.4, 0.5) is 0 Å². The van der Waals surface area contributed by atoms with Gasteiger partial charge in [0.2, 0.25) is 0 Å². The molecule has 3 heteroatoms. The summed E-state index contributed by atoms with van der Waals surface area (Å²) in [6.07, 6.45) is 4.46. The fourth-order valence-electron chi connectivity index (χ4n) is 4.48. The Balaban J connectivity index is 0.00000231. The lowest BCUT2D eigenvalue weighted by Crippen LogP contribution is -3.00. The van der Waals surface area contributed by atoms with Crippen LogP contribution < -0.4 is 21.5 Å². The molecule has 0 unspecified atom stereocenters. The number of benzene rings is 4. The standard InChI is InChI=1S/C28H27N2.BrH/c1-21(2)28-29(19-22-11-13-24-7-3-5-9-26(24)17-22)15-16-30(28)20-23-12-14-25-8-4-6-10-27(25)18-23;/h3-18,21H,19-20H2,1-2H3;1H/q+1;/p-1. The molecule has 5 rings (SSSR count). The number of hydrogen-bond acceptors (Lipinski definition) is 0. The maximum Gasteiger partial charge on any atom is 0.259 e. The predicted molar refractivity (Wildman–Crippen MR) is 125 cm³/mol. The lowest BCUT2D eigenvalue weighted by molar-refractivity contribution is -0.696. The molecule has 0 aliphatic carbocycles. The first kappa shape index (κ1) is 21.3. The predicted octanol–water partition coefficient (Wildman–Crippen LogP) is 3.31. The second-order valence-corrected chi connectivity index (χ2v) is 8.43. The van der Waals surface area contributed by atoms with Gasteiger partial charge in [-0.1, -0.05) is 86.6 Å². The van der Waals surface area contributed by atoms with Crippen LogP contribution >= 0.6 is 0 Å². The van der Waals surface area contributed by atoms with Crippen molar-refractivity contribution in [3.05, 3.63) is 114 Å². The molecule has 156 valence electrons. The van der Waals surface area contributed by atoms with Crippen molar-refractivity contribution in [2.45, 2.75) is 32.9 Å². The fourth-order valence-corrected chi connectivity index (χ4v) is 4.48. The molecule has 0 saturated heterocycles. The van der Waals surface area contributed by atoms with E-state index >= 15 is 0 Å². The van der Waals surface area contributed by atoms with Gasteiger partial charge in [-0.15, -0.1) is 0 Å². The van der Waals surface area contributed by atoms with Gasteiger partial charge in [0.05, 0.1) is 5.92 Å². The number of rotatable bonds is 5. The number of nitrogens with zero attached hydrogens (tertiary/aromatic N) is 2. The highest BCUT2D eigenvalue weighted by molar-refractivity contribution is 5.83. The van der Waals surface area contributed by atoms with Crippen molar-refractivity contribution in [3.63, 3.8) is 0 Å². The zero-order valence-corrected chi connectivity index (χ0v) is 19.6. The topological polar surface area (TPSA) is 8.81 Å². The van der Waals surface area contributed by atoms with E-state index in [0.29, 0.717) is 5.92 Å². The van der Waals surface area contributed by atoms with Crippen LogP contribution in [0, 0.1) is 0 Å². The molecule has 0 aliphatic heterocycles. The summed E-state index contributed by atoms with van der Waals surface area (Å²) in [6.45, 7) is 6.35. The number of aromatic nitrogens is 2. The molecule has 5 aromatic rings. The molecule has 0 N–H and O–H groups in total. The zero-order chi connectivity index (χ0) is 20.5. The highest BCUT2D eigenvalue weighted by Gasteiger charge is 2.21. The lowest BCUT2D eigenvalue weighted by atomic mass is 10.1. The molecule has 0 saturated carbocycles. The van der Waals surface area contributed by atoms with Gasteiger partial charge >= 0.3 is 0 Å². The molecule has 0 amide bonds. The largest absolute Gasteiger partial charge is 1.00 e. The highest BCUT2D eigenvalue weighted by Crippen LogP contribution is 2.20. The molecular weight excluding hydrogens is 444 g/mol. The monoisotopic (exact) mass is 470 g/mol. The Morgan fingerprint density at radius 1 is 0.710 bits per heavy atom. The van der Waals surface area contributed by atoms with E-state index in [0.717, 1.165) is 13.1 Å². The Kier molecular flexibility index (Phi) is 6.24. The minimum atomic E-state index is 0. The van der Waals surface area contributed by atoms with E-state index in [4.69, 9.17) is 0 Å². The van der Waals surface area contributed by atoms with Gasteiger partial charge in [0, 0.05) is 0 Å². The molecule has 0 aliphatic rings. The summed E-state index contributed by atoms with van der Waals surface area (Å²) < 4.78 is 4.80. The molecule has 0 fully saturated rings. The minimum absolute atomic E-state index is 0. The number of fused-ring (bicyclic) bond motifs is 2. The first-order valence-electron chi connectivity index (χ1n) is 10.7. The van der Waals surface area contributed by atoms with Gasteiger partial charge in [0.1, 0.15) is 25.5 Å². The molecule has 2 nitrogen and oxygen atoms in total. The summed E-state index contributed by atoms with van der Waals surface area (Å²) in [5, 5.41) is 5.20. The summed E-state index contributed by atoms with van der Waals surface area (Å²) in [5.41, 5.74) is 2.67. The summed E-state index contributed by atoms with van der Waals surface area (Å²) in [4.78, 5) is 0. The van der Waals surface area contributed by atoms with Crippen LogP contribution in [0.2, 0.25) is 0 Å². The molecule has 0 radical (unpaired) electrons. The molecule has 0 spiro atoms. The third-order valence-corrected chi connectivity index (χ3v) is 5.87. The van der Waals surface area contributed by atoms with E-state index in [9.17, 15) is 0 Å². The normalized spacial score (nSPS) is 11.2. The molecular formula is C28H27BrN2. The lowest BCUT2D eigenvalue weighted by Gasteiger charge is -2.09. The first-order valence-corrected chi connectivity index (χ1v) is 10.7. The second kappa shape index (κ2) is 9.07. The molecule has 0 bridgehead atoms. The maximum absolute atomic E-state index is 2.40. The van der Waals surface area contributed by atoms with Crippen LogP contribution in [0.25, 0.3) is 21.5 Å². The first-order chi connectivity index (χ1) is 14.7. The number of hydrogen-bond donors (Lipinski definition) is 0. The van der Waals surface area contributed by atoms with E-state index in [-0.39, 0.29) is 17.0 Å². The Bertz CT molecular complexity index is 1230. The van der Waals surface area contributed by atoms with E-state index in [1.54, 1.807) is 0 Å². The Morgan fingerprint density at radius 3 is 1.87 bits per heavy atom. The van der Waals surface area contributed by atoms with Gasteiger partial charge in [-0.05, 0) is 44.8 Å². The highest BCUT2D eigenvalue weighted by atomic mass is 79.9. The third kappa shape index (κ3) is 4.42. The van der Waals surface area contributed by atoms with Crippen LogP contribution in [0.3, 0.4) is 0 Å². The Hall–Kier alpha value is -2.91. The third-order valence-electron chi connectivity index (χ3n) is 5.87. The average Bonchev–Trinajstić information content (AvgIpc) is 3.15. The maximum atomic E-state index is 2.40. The van der Waals surface area contributed by atoms with E-state index in [2.05, 4.69) is 120 Å². The molecule has 31 heavy (non-hydrogen) atoms. The van der Waals surface area contributed by atoms with Gasteiger partial charge in [0.15, 0.2) is 0 Å². The zero-order valence-electron chi connectivity index (χ0n) is 18.0. The van der Waals surface area contributed by atoms with Crippen molar-refractivity contribution < 1.29 is 21.5 Å². The summed E-state index contributed by atoms with van der Waals surface area (Å²) in [6, 6.07) is 30.7. The van der Waals surface area contributed by atoms with Gasteiger partial charge in [-0.2, -0.15) is 0 Å².